The van der Waals surface area contributed by atoms with Crippen LogP contribution in [-0.4, -0.2) is 16.2 Å². The quantitative estimate of drug-likeness (QED) is 0.357. The van der Waals surface area contributed by atoms with E-state index in [4.69, 9.17) is 16.1 Å². The van der Waals surface area contributed by atoms with Gasteiger partial charge < -0.3 is 9.84 Å². The summed E-state index contributed by atoms with van der Waals surface area (Å²) in [5.74, 6) is 0.379. The average Bonchev–Trinajstić information content (AvgIpc) is 3.48. The van der Waals surface area contributed by atoms with E-state index in [0.717, 1.165) is 10.4 Å². The number of urea groups is 1. The molecule has 0 saturated carbocycles. The van der Waals surface area contributed by atoms with Gasteiger partial charge in [-0.25, -0.2) is 9.18 Å². The van der Waals surface area contributed by atoms with Crippen LogP contribution in [0.15, 0.2) is 70.2 Å². The predicted molar refractivity (Wildman–Crippen MR) is 127 cm³/mol. The summed E-state index contributed by atoms with van der Waals surface area (Å²) in [6, 6.07) is 14.2. The van der Waals surface area contributed by atoms with Gasteiger partial charge in [0.05, 0.1) is 22.2 Å². The largest absolute Gasteiger partial charge is 0.334 e. The lowest BCUT2D eigenvalue weighted by Crippen LogP contribution is -2.46. The summed E-state index contributed by atoms with van der Waals surface area (Å²) in [6.45, 7) is 3.70. The van der Waals surface area contributed by atoms with Gasteiger partial charge >= 0.3 is 6.03 Å². The van der Waals surface area contributed by atoms with Gasteiger partial charge in [-0.1, -0.05) is 35.0 Å². The highest BCUT2D eigenvalue weighted by Crippen LogP contribution is 2.39. The first-order valence-electron chi connectivity index (χ1n) is 10.1. The number of nitrogens with one attached hydrogen (secondary N) is 1. The molecule has 4 aromatic rings. The summed E-state index contributed by atoms with van der Waals surface area (Å²) in [6.07, 6.45) is 0. The van der Waals surface area contributed by atoms with Gasteiger partial charge in [0.25, 0.3) is 5.89 Å². The molecule has 33 heavy (non-hydrogen) atoms. The number of hydrogen-bond donors (Lipinski definition) is 1. The zero-order valence-electron chi connectivity index (χ0n) is 17.7. The molecule has 1 aliphatic rings. The lowest BCUT2D eigenvalue weighted by atomic mass is 9.94. The van der Waals surface area contributed by atoms with Crippen molar-refractivity contribution in [1.29, 1.82) is 0 Å². The zero-order valence-corrected chi connectivity index (χ0v) is 19.2. The maximum atomic E-state index is 13.6. The van der Waals surface area contributed by atoms with Crippen LogP contribution in [0.3, 0.4) is 0 Å². The molecule has 1 atom stereocenters. The third-order valence-corrected chi connectivity index (χ3v) is 6.78. The van der Waals surface area contributed by atoms with Gasteiger partial charge in [0, 0.05) is 10.7 Å². The molecule has 2 aromatic carbocycles. The van der Waals surface area contributed by atoms with Crippen molar-refractivity contribution in [2.45, 2.75) is 19.9 Å². The fourth-order valence-corrected chi connectivity index (χ4v) is 4.61. The van der Waals surface area contributed by atoms with E-state index in [1.807, 2.05) is 37.4 Å². The first-order chi connectivity index (χ1) is 15.9. The first kappa shape index (κ1) is 21.4. The third kappa shape index (κ3) is 3.92. The number of nitrogens with zero attached hydrogens (tertiary/aromatic N) is 3. The Balaban J connectivity index is 1.67. The minimum atomic E-state index is -0.598. The number of carbonyl (C=O) groups excluding carboxylic acids is 1. The Morgan fingerprint density at radius 3 is 2.64 bits per heavy atom. The zero-order chi connectivity index (χ0) is 23.1. The van der Waals surface area contributed by atoms with Gasteiger partial charge in [0.2, 0.25) is 5.82 Å². The lowest BCUT2D eigenvalue weighted by Gasteiger charge is -2.35. The smallest absolute Gasteiger partial charge is 0.326 e. The molecule has 3 heterocycles. The highest BCUT2D eigenvalue weighted by molar-refractivity contribution is 7.13. The molecular weight excluding hydrogens is 463 g/mol. The van der Waals surface area contributed by atoms with Crippen molar-refractivity contribution < 1.29 is 13.7 Å². The average molecular weight is 481 g/mol. The standard InChI is InChI=1S/C24H18ClFN4O2S/c1-13-12-17(9-10-18(13)25)30-14(2)20(23-28-22(29-32-23)19-4-3-11-33-19)21(27-24(30)31)15-5-7-16(26)8-6-15/h3-12,21H,1-2H3,(H,27,31). The number of hydrogen-bond acceptors (Lipinski definition) is 5. The molecule has 1 aliphatic heterocycles. The molecular formula is C24H18ClFN4O2S. The molecule has 1 unspecified atom stereocenters. The van der Waals surface area contributed by atoms with Crippen LogP contribution in [0.4, 0.5) is 14.9 Å². The van der Waals surface area contributed by atoms with E-state index in [1.54, 1.807) is 29.2 Å². The van der Waals surface area contributed by atoms with Crippen LogP contribution in [0.25, 0.3) is 16.3 Å². The molecule has 0 fully saturated rings. The molecule has 0 bridgehead atoms. The van der Waals surface area contributed by atoms with Crippen molar-refractivity contribution in [3.05, 3.63) is 93.5 Å². The van der Waals surface area contributed by atoms with E-state index in [-0.39, 0.29) is 17.7 Å². The summed E-state index contributed by atoms with van der Waals surface area (Å²) in [5, 5.41) is 9.68. The minimum absolute atomic E-state index is 0.279. The Bertz CT molecular complexity index is 1370. The topological polar surface area (TPSA) is 71.3 Å². The van der Waals surface area contributed by atoms with Crippen molar-refractivity contribution in [2.75, 3.05) is 4.90 Å². The molecule has 0 radical (unpaired) electrons. The molecule has 5 rings (SSSR count). The number of anilines is 1. The Hall–Kier alpha value is -3.49. The summed E-state index contributed by atoms with van der Waals surface area (Å²) >= 11 is 7.69. The van der Waals surface area contributed by atoms with E-state index in [0.29, 0.717) is 33.4 Å². The Morgan fingerprint density at radius 2 is 1.94 bits per heavy atom. The lowest BCUT2D eigenvalue weighted by molar-refractivity contribution is 0.244. The second kappa shape index (κ2) is 8.46. The van der Waals surface area contributed by atoms with Crippen molar-refractivity contribution in [1.82, 2.24) is 15.5 Å². The maximum Gasteiger partial charge on any atom is 0.326 e. The van der Waals surface area contributed by atoms with E-state index in [2.05, 4.69) is 15.5 Å². The number of rotatable bonds is 4. The normalized spacial score (nSPS) is 16.3. The number of aryl methyl sites for hydroxylation is 1. The second-order valence-corrected chi connectivity index (χ2v) is 8.96. The van der Waals surface area contributed by atoms with Gasteiger partial charge in [-0.2, -0.15) is 4.98 Å². The summed E-state index contributed by atoms with van der Waals surface area (Å²) in [4.78, 5) is 20.3. The van der Waals surface area contributed by atoms with Crippen LogP contribution in [0, 0.1) is 12.7 Å². The molecule has 6 nitrogen and oxygen atoms in total. The fourth-order valence-electron chi connectivity index (χ4n) is 3.84. The number of benzene rings is 2. The van der Waals surface area contributed by atoms with Gasteiger partial charge in [0.1, 0.15) is 5.82 Å². The van der Waals surface area contributed by atoms with E-state index >= 15 is 0 Å². The molecule has 9 heteroatoms. The fraction of sp³-hybridized carbons (Fsp3) is 0.125. The molecule has 2 amide bonds. The second-order valence-electron chi connectivity index (χ2n) is 7.60. The number of thiophene rings is 1. The summed E-state index contributed by atoms with van der Waals surface area (Å²) in [5.41, 5.74) is 3.44. The predicted octanol–water partition coefficient (Wildman–Crippen LogP) is 6.60. The first-order valence-corrected chi connectivity index (χ1v) is 11.4. The Labute approximate surface area is 198 Å². The molecule has 0 aliphatic carbocycles. The molecule has 0 spiro atoms. The van der Waals surface area contributed by atoms with Crippen molar-refractivity contribution in [3.63, 3.8) is 0 Å². The van der Waals surface area contributed by atoms with E-state index in [1.165, 1.54) is 23.5 Å². The van der Waals surface area contributed by atoms with Crippen LogP contribution in [0.2, 0.25) is 5.02 Å². The third-order valence-electron chi connectivity index (χ3n) is 5.49. The van der Waals surface area contributed by atoms with Gasteiger partial charge in [0.15, 0.2) is 0 Å². The van der Waals surface area contributed by atoms with Crippen LogP contribution in [0.1, 0.15) is 30.0 Å². The van der Waals surface area contributed by atoms with Crippen LogP contribution in [0.5, 0.6) is 0 Å². The SMILES string of the molecule is CC1=C(c2nc(-c3cccs3)no2)C(c2ccc(F)cc2)NC(=O)N1c1ccc(Cl)c(C)c1. The summed E-state index contributed by atoms with van der Waals surface area (Å²) < 4.78 is 19.2. The van der Waals surface area contributed by atoms with Crippen LogP contribution < -0.4 is 10.2 Å². The minimum Gasteiger partial charge on any atom is -0.334 e. The van der Waals surface area contributed by atoms with Gasteiger partial charge in [-0.05, 0) is 66.8 Å². The number of carbonyl (C=O) groups is 1. The highest BCUT2D eigenvalue weighted by Gasteiger charge is 2.36. The number of halogens is 2. The number of amides is 2. The summed E-state index contributed by atoms with van der Waals surface area (Å²) in [7, 11) is 0. The van der Waals surface area contributed by atoms with E-state index < -0.39 is 6.04 Å². The molecule has 2 aromatic heterocycles. The van der Waals surface area contributed by atoms with Crippen LogP contribution >= 0.6 is 22.9 Å². The van der Waals surface area contributed by atoms with Crippen molar-refractivity contribution in [3.8, 4) is 10.7 Å². The van der Waals surface area contributed by atoms with E-state index in [9.17, 15) is 9.18 Å². The molecule has 166 valence electrons. The maximum absolute atomic E-state index is 13.6. The molecule has 1 N–H and O–H groups in total. The van der Waals surface area contributed by atoms with Crippen molar-refractivity contribution >= 4 is 40.2 Å². The van der Waals surface area contributed by atoms with Crippen LogP contribution in [-0.2, 0) is 0 Å². The number of aromatic nitrogens is 2. The number of allylic oxidation sites excluding steroid dienone is 1. The Kier molecular flexibility index (Phi) is 5.47. The Morgan fingerprint density at radius 1 is 1.15 bits per heavy atom. The monoisotopic (exact) mass is 480 g/mol. The van der Waals surface area contributed by atoms with Gasteiger partial charge in [-0.15, -0.1) is 11.3 Å². The molecule has 0 saturated heterocycles. The highest BCUT2D eigenvalue weighted by atomic mass is 35.5. The van der Waals surface area contributed by atoms with Crippen molar-refractivity contribution in [2.24, 2.45) is 0 Å². The van der Waals surface area contributed by atoms with Gasteiger partial charge in [-0.3, -0.25) is 4.90 Å².